The molecule has 0 heterocycles. The lowest BCUT2D eigenvalue weighted by molar-refractivity contribution is 0.0846. The number of carbonyl (C=O) groups is 2. The van der Waals surface area contributed by atoms with E-state index in [9.17, 15) is 18.0 Å². The number of rotatable bonds is 10. The molecule has 0 saturated carbocycles. The number of hydrogen-bond donors (Lipinski definition) is 3. The lowest BCUT2D eigenvalue weighted by Gasteiger charge is -2.12. The molecule has 0 aliphatic heterocycles. The fraction of sp³-hybridized carbons (Fsp3) is 0.273. The number of unbranched alkanes of at least 4 members (excludes halogenated alkanes) is 1. The van der Waals surface area contributed by atoms with E-state index >= 15 is 0 Å². The first-order valence-corrected chi connectivity index (χ1v) is 11.3. The van der Waals surface area contributed by atoms with Crippen LogP contribution >= 0.6 is 0 Å². The number of methoxy groups -OCH3 is 1. The molecule has 0 aromatic heterocycles. The minimum Gasteiger partial charge on any atom is -0.493 e. The highest BCUT2D eigenvalue weighted by Gasteiger charge is 2.15. The summed E-state index contributed by atoms with van der Waals surface area (Å²) in [6, 6.07) is 9.84. The first-order valence-electron chi connectivity index (χ1n) is 9.77. The second-order valence-corrected chi connectivity index (χ2v) is 8.30. The second-order valence-electron chi connectivity index (χ2n) is 6.53. The predicted molar refractivity (Wildman–Crippen MR) is 119 cm³/mol. The Bertz CT molecular complexity index is 1090. The van der Waals surface area contributed by atoms with Crippen LogP contribution in [-0.2, 0) is 10.0 Å². The Labute approximate surface area is 187 Å². The second kappa shape index (κ2) is 11.7. The topological polar surface area (TPSA) is 123 Å². The summed E-state index contributed by atoms with van der Waals surface area (Å²) in [7, 11) is -2.29. The molecule has 0 bridgehead atoms. The van der Waals surface area contributed by atoms with Crippen LogP contribution in [0.5, 0.6) is 11.5 Å². The van der Waals surface area contributed by atoms with Crippen LogP contribution in [0, 0.1) is 12.3 Å². The summed E-state index contributed by atoms with van der Waals surface area (Å²) in [5.41, 5.74) is 4.99. The number of terminal acetylenes is 1. The number of benzene rings is 2. The zero-order valence-corrected chi connectivity index (χ0v) is 18.6. The molecule has 170 valence electrons. The standard InChI is InChI=1S/C22H25N3O6S/c1-4-6-14-31-19-12-9-17(15-20(19)30-3)22(27)25-24-21(26)16-7-10-18(11-8-16)32(28,29)23-13-5-2/h2,7-12,15,23H,4,6,13-14H2,1,3H3,(H,24,26)(H,25,27). The van der Waals surface area contributed by atoms with Crippen LogP contribution in [0.25, 0.3) is 0 Å². The maximum Gasteiger partial charge on any atom is 0.269 e. The third kappa shape index (κ3) is 6.73. The first-order chi connectivity index (χ1) is 15.3. The van der Waals surface area contributed by atoms with Crippen LogP contribution in [0.3, 0.4) is 0 Å². The van der Waals surface area contributed by atoms with E-state index in [0.29, 0.717) is 18.1 Å². The molecule has 2 aromatic rings. The molecule has 9 nitrogen and oxygen atoms in total. The molecule has 0 atom stereocenters. The van der Waals surface area contributed by atoms with E-state index in [4.69, 9.17) is 15.9 Å². The first kappa shape index (κ1) is 24.7. The van der Waals surface area contributed by atoms with Crippen molar-refractivity contribution in [2.24, 2.45) is 0 Å². The van der Waals surface area contributed by atoms with Gasteiger partial charge in [0.2, 0.25) is 10.0 Å². The van der Waals surface area contributed by atoms with Gasteiger partial charge in [0.1, 0.15) is 0 Å². The summed E-state index contributed by atoms with van der Waals surface area (Å²) in [4.78, 5) is 24.6. The summed E-state index contributed by atoms with van der Waals surface area (Å²) in [6.07, 6.45) is 6.93. The summed E-state index contributed by atoms with van der Waals surface area (Å²) in [5, 5.41) is 0. The molecule has 0 fully saturated rings. The summed E-state index contributed by atoms with van der Waals surface area (Å²) < 4.78 is 37.1. The normalized spacial score (nSPS) is 10.7. The number of amides is 2. The summed E-state index contributed by atoms with van der Waals surface area (Å²) >= 11 is 0. The lowest BCUT2D eigenvalue weighted by atomic mass is 10.2. The van der Waals surface area contributed by atoms with Gasteiger partial charge in [-0.05, 0) is 48.9 Å². The van der Waals surface area contributed by atoms with Crippen LogP contribution in [0.2, 0.25) is 0 Å². The molecule has 2 amide bonds. The van der Waals surface area contributed by atoms with Crippen LogP contribution in [-0.4, -0.2) is 40.5 Å². The lowest BCUT2D eigenvalue weighted by Crippen LogP contribution is -2.41. The smallest absolute Gasteiger partial charge is 0.269 e. The Morgan fingerprint density at radius 1 is 1.00 bits per heavy atom. The summed E-state index contributed by atoms with van der Waals surface area (Å²) in [6.45, 7) is 2.44. The molecular weight excluding hydrogens is 434 g/mol. The van der Waals surface area contributed by atoms with Crippen molar-refractivity contribution in [1.82, 2.24) is 15.6 Å². The largest absolute Gasteiger partial charge is 0.493 e. The molecule has 3 N–H and O–H groups in total. The van der Waals surface area contributed by atoms with Gasteiger partial charge in [0.25, 0.3) is 11.8 Å². The van der Waals surface area contributed by atoms with Gasteiger partial charge in [0.15, 0.2) is 11.5 Å². The van der Waals surface area contributed by atoms with E-state index in [0.717, 1.165) is 12.8 Å². The van der Waals surface area contributed by atoms with E-state index in [1.807, 2.05) is 0 Å². The van der Waals surface area contributed by atoms with Gasteiger partial charge in [-0.1, -0.05) is 19.3 Å². The van der Waals surface area contributed by atoms with Crippen LogP contribution < -0.4 is 25.0 Å². The molecule has 0 unspecified atom stereocenters. The Kier molecular flexibility index (Phi) is 9.07. The summed E-state index contributed by atoms with van der Waals surface area (Å²) in [5.74, 6) is 1.92. The van der Waals surface area contributed by atoms with Gasteiger partial charge >= 0.3 is 0 Å². The minimum atomic E-state index is -3.76. The SMILES string of the molecule is C#CCNS(=O)(=O)c1ccc(C(=O)NNC(=O)c2ccc(OCCCC)c(OC)c2)cc1. The maximum absolute atomic E-state index is 12.4. The third-order valence-electron chi connectivity index (χ3n) is 4.26. The third-order valence-corrected chi connectivity index (χ3v) is 5.68. The fourth-order valence-electron chi connectivity index (χ4n) is 2.52. The number of hydrazine groups is 1. The van der Waals surface area contributed by atoms with Crippen molar-refractivity contribution >= 4 is 21.8 Å². The van der Waals surface area contributed by atoms with Crippen LogP contribution in [0.15, 0.2) is 47.4 Å². The molecule has 10 heteroatoms. The molecular formula is C22H25N3O6S. The van der Waals surface area contributed by atoms with Crippen molar-refractivity contribution in [3.05, 3.63) is 53.6 Å². The maximum atomic E-state index is 12.4. The van der Waals surface area contributed by atoms with E-state index in [1.165, 1.54) is 37.4 Å². The van der Waals surface area contributed by atoms with Gasteiger partial charge in [0.05, 0.1) is 25.2 Å². The highest BCUT2D eigenvalue weighted by atomic mass is 32.2. The van der Waals surface area contributed by atoms with Crippen molar-refractivity contribution in [3.63, 3.8) is 0 Å². The number of nitrogens with one attached hydrogen (secondary N) is 3. The molecule has 0 saturated heterocycles. The number of carbonyl (C=O) groups excluding carboxylic acids is 2. The zero-order chi connectivity index (χ0) is 23.6. The quantitative estimate of drug-likeness (QED) is 0.283. The predicted octanol–water partition coefficient (Wildman–Crippen LogP) is 1.86. The van der Waals surface area contributed by atoms with Gasteiger partial charge in [-0.25, -0.2) is 8.42 Å². The van der Waals surface area contributed by atoms with E-state index < -0.39 is 21.8 Å². The molecule has 32 heavy (non-hydrogen) atoms. The Hall–Kier alpha value is -3.55. The van der Waals surface area contributed by atoms with Crippen molar-refractivity contribution in [2.45, 2.75) is 24.7 Å². The monoisotopic (exact) mass is 459 g/mol. The average Bonchev–Trinajstić information content (AvgIpc) is 2.81. The number of ether oxygens (including phenoxy) is 2. The van der Waals surface area contributed by atoms with Gasteiger partial charge < -0.3 is 9.47 Å². The minimum absolute atomic E-state index is 0.0401. The average molecular weight is 460 g/mol. The highest BCUT2D eigenvalue weighted by Crippen LogP contribution is 2.28. The Morgan fingerprint density at radius 2 is 1.62 bits per heavy atom. The van der Waals surface area contributed by atoms with E-state index in [2.05, 4.69) is 28.4 Å². The Morgan fingerprint density at radius 3 is 2.22 bits per heavy atom. The van der Waals surface area contributed by atoms with Crippen molar-refractivity contribution < 1.29 is 27.5 Å². The number of sulfonamides is 1. The van der Waals surface area contributed by atoms with E-state index in [1.54, 1.807) is 12.1 Å². The Balaban J connectivity index is 1.99. The van der Waals surface area contributed by atoms with Gasteiger partial charge in [-0.3, -0.25) is 20.4 Å². The van der Waals surface area contributed by atoms with E-state index in [-0.39, 0.29) is 22.6 Å². The molecule has 0 radical (unpaired) electrons. The molecule has 0 aliphatic rings. The molecule has 2 rings (SSSR count). The fourth-order valence-corrected chi connectivity index (χ4v) is 3.45. The highest BCUT2D eigenvalue weighted by molar-refractivity contribution is 7.89. The van der Waals surface area contributed by atoms with Crippen molar-refractivity contribution in [1.29, 1.82) is 0 Å². The van der Waals surface area contributed by atoms with Crippen molar-refractivity contribution in [2.75, 3.05) is 20.3 Å². The zero-order valence-electron chi connectivity index (χ0n) is 17.8. The molecule has 0 aliphatic carbocycles. The van der Waals surface area contributed by atoms with Crippen LogP contribution in [0.4, 0.5) is 0 Å². The van der Waals surface area contributed by atoms with Gasteiger partial charge in [0, 0.05) is 11.1 Å². The van der Waals surface area contributed by atoms with Crippen LogP contribution in [0.1, 0.15) is 40.5 Å². The van der Waals surface area contributed by atoms with Gasteiger partial charge in [-0.15, -0.1) is 6.42 Å². The van der Waals surface area contributed by atoms with Crippen molar-refractivity contribution in [3.8, 4) is 23.8 Å². The molecule has 0 spiro atoms. The van der Waals surface area contributed by atoms with Gasteiger partial charge in [-0.2, -0.15) is 4.72 Å². The molecule has 2 aromatic carbocycles. The number of hydrogen-bond acceptors (Lipinski definition) is 6.